The Morgan fingerprint density at radius 2 is 2.23 bits per heavy atom. The first-order valence-corrected chi connectivity index (χ1v) is 9.12. The monoisotopic (exact) mass is 387 g/mol. The second-order valence-electron chi connectivity index (χ2n) is 5.98. The van der Waals surface area contributed by atoms with E-state index < -0.39 is 26.7 Å². The number of hydrogen-bond acceptors (Lipinski definition) is 7. The lowest BCUT2D eigenvalue weighted by Gasteiger charge is -2.18. The summed E-state index contributed by atoms with van der Waals surface area (Å²) in [6.45, 7) is 3.36. The Morgan fingerprint density at radius 1 is 1.50 bits per heavy atom. The van der Waals surface area contributed by atoms with Crippen LogP contribution in [0.3, 0.4) is 0 Å². The molecule has 5 atom stereocenters. The van der Waals surface area contributed by atoms with E-state index in [2.05, 4.69) is 15.0 Å². The summed E-state index contributed by atoms with van der Waals surface area (Å²) in [5, 5.41) is 9.62. The van der Waals surface area contributed by atoms with Gasteiger partial charge >= 0.3 is 8.25 Å². The van der Waals surface area contributed by atoms with E-state index >= 15 is 0 Å². The first-order valence-electron chi connectivity index (χ1n) is 7.99. The van der Waals surface area contributed by atoms with Crippen molar-refractivity contribution < 1.29 is 23.8 Å². The molecule has 0 bridgehead atoms. The molecule has 11 heteroatoms. The van der Waals surface area contributed by atoms with Gasteiger partial charge in [0.2, 0.25) is 0 Å². The first kappa shape index (κ1) is 20.6. The van der Waals surface area contributed by atoms with Crippen LogP contribution in [0.2, 0.25) is 0 Å². The zero-order valence-electron chi connectivity index (χ0n) is 13.8. The number of aromatic nitrogens is 4. The molecule has 0 spiro atoms. The molecule has 144 valence electrons. The largest absolute Gasteiger partial charge is 0.695 e. The predicted molar refractivity (Wildman–Crippen MR) is 93.7 cm³/mol. The third kappa shape index (κ3) is 3.70. The van der Waals surface area contributed by atoms with Gasteiger partial charge in [0.05, 0.1) is 19.0 Å². The molecule has 0 saturated carbocycles. The summed E-state index contributed by atoms with van der Waals surface area (Å²) in [5.41, 5.74) is 0.0523. The number of aromatic amines is 1. The zero-order valence-corrected chi connectivity index (χ0v) is 14.7. The van der Waals surface area contributed by atoms with Crippen LogP contribution in [0.25, 0.3) is 11.2 Å². The maximum absolute atomic E-state index is 12.0. The van der Waals surface area contributed by atoms with Crippen molar-refractivity contribution >= 4 is 19.4 Å². The van der Waals surface area contributed by atoms with Crippen LogP contribution < -0.4 is 5.56 Å². The van der Waals surface area contributed by atoms with Crippen molar-refractivity contribution in [3.63, 3.8) is 0 Å². The number of nitrogens with one attached hydrogen (secondary N) is 1. The van der Waals surface area contributed by atoms with Gasteiger partial charge in [0.1, 0.15) is 5.82 Å². The molecule has 1 aliphatic rings. The zero-order chi connectivity index (χ0) is 18.1. The van der Waals surface area contributed by atoms with Crippen molar-refractivity contribution in [2.75, 3.05) is 6.61 Å². The van der Waals surface area contributed by atoms with Gasteiger partial charge in [0, 0.05) is 10.5 Å². The minimum Gasteiger partial charge on any atom is -0.394 e. The molecular formula is C15H24N4O6P+. The highest BCUT2D eigenvalue weighted by Crippen LogP contribution is 2.42. The van der Waals surface area contributed by atoms with Gasteiger partial charge in [0.25, 0.3) is 5.56 Å². The van der Waals surface area contributed by atoms with Crippen LogP contribution in [-0.4, -0.2) is 48.3 Å². The molecule has 1 saturated heterocycles. The first-order chi connectivity index (χ1) is 12.0. The third-order valence-corrected chi connectivity index (χ3v) is 4.76. The fraction of sp³-hybridized carbons (Fsp3) is 0.667. The van der Waals surface area contributed by atoms with E-state index in [1.807, 2.05) is 6.92 Å². The lowest BCUT2D eigenvalue weighted by Crippen LogP contribution is -2.29. The normalized spacial score (nSPS) is 26.1. The maximum Gasteiger partial charge on any atom is 0.695 e. The topological polar surface area (TPSA) is 140 Å². The second-order valence-corrected chi connectivity index (χ2v) is 6.67. The van der Waals surface area contributed by atoms with Gasteiger partial charge in [-0.1, -0.05) is 20.8 Å². The van der Waals surface area contributed by atoms with Crippen LogP contribution in [0.15, 0.2) is 11.1 Å². The maximum atomic E-state index is 12.0. The molecule has 0 aliphatic carbocycles. The number of aliphatic hydroxyl groups excluding tert-OH is 1. The van der Waals surface area contributed by atoms with Crippen molar-refractivity contribution in [3.05, 3.63) is 22.5 Å². The molecule has 10 nitrogen and oxygen atoms in total. The van der Waals surface area contributed by atoms with Crippen molar-refractivity contribution in [3.8, 4) is 0 Å². The summed E-state index contributed by atoms with van der Waals surface area (Å²) in [7, 11) is -2.86. The van der Waals surface area contributed by atoms with E-state index in [9.17, 15) is 19.4 Å². The van der Waals surface area contributed by atoms with E-state index in [1.54, 1.807) is 6.92 Å². The van der Waals surface area contributed by atoms with Gasteiger partial charge in [-0.15, -0.1) is 9.42 Å². The second kappa shape index (κ2) is 8.32. The van der Waals surface area contributed by atoms with Crippen molar-refractivity contribution in [2.45, 2.75) is 52.6 Å². The molecule has 26 heavy (non-hydrogen) atoms. The fourth-order valence-corrected chi connectivity index (χ4v) is 3.79. The van der Waals surface area contributed by atoms with E-state index in [0.29, 0.717) is 17.9 Å². The highest BCUT2D eigenvalue weighted by Gasteiger charge is 2.50. The quantitative estimate of drug-likeness (QED) is 0.632. The van der Waals surface area contributed by atoms with Crippen LogP contribution in [0.5, 0.6) is 0 Å². The van der Waals surface area contributed by atoms with Crippen molar-refractivity contribution in [1.82, 2.24) is 19.5 Å². The van der Waals surface area contributed by atoms with Crippen LogP contribution in [0, 0.1) is 12.8 Å². The number of aliphatic hydroxyl groups is 1. The minimum atomic E-state index is -2.86. The van der Waals surface area contributed by atoms with Gasteiger partial charge in [-0.3, -0.25) is 9.36 Å². The summed E-state index contributed by atoms with van der Waals surface area (Å²) < 4.78 is 23.9. The molecule has 2 aromatic rings. The molecule has 0 amide bonds. The summed E-state index contributed by atoms with van der Waals surface area (Å²) in [6.07, 6.45) is 0.685. The number of imidazole rings is 1. The Bertz CT molecular complexity index is 837. The molecule has 2 unspecified atom stereocenters. The summed E-state index contributed by atoms with van der Waals surface area (Å²) in [6, 6.07) is 0. The molecule has 0 aromatic carbocycles. The summed E-state index contributed by atoms with van der Waals surface area (Å²) in [4.78, 5) is 32.2. The lowest BCUT2D eigenvalue weighted by molar-refractivity contribution is -0.0454. The van der Waals surface area contributed by atoms with E-state index in [1.165, 1.54) is 10.9 Å². The number of nitrogens with zero attached hydrogens (tertiary/aromatic N) is 3. The molecule has 2 aromatic heterocycles. The highest BCUT2D eigenvalue weighted by molar-refractivity contribution is 7.32. The highest BCUT2D eigenvalue weighted by atomic mass is 31.1. The van der Waals surface area contributed by atoms with Gasteiger partial charge in [-0.05, 0) is 13.3 Å². The summed E-state index contributed by atoms with van der Waals surface area (Å²) in [5.74, 6) is 0.137. The van der Waals surface area contributed by atoms with Crippen LogP contribution in [-0.2, 0) is 13.8 Å². The Morgan fingerprint density at radius 3 is 2.85 bits per heavy atom. The average molecular weight is 387 g/mol. The molecule has 3 rings (SSSR count). The number of rotatable bonds is 6. The number of H-pyrrole nitrogens is 1. The van der Waals surface area contributed by atoms with Crippen LogP contribution >= 0.6 is 8.25 Å². The minimum absolute atomic E-state index is 0. The third-order valence-electron chi connectivity index (χ3n) is 4.33. The Balaban J connectivity index is 0.00000243. The van der Waals surface area contributed by atoms with Gasteiger partial charge in [-0.2, -0.15) is 0 Å². The molecule has 3 N–H and O–H groups in total. The van der Waals surface area contributed by atoms with Gasteiger partial charge < -0.3 is 14.8 Å². The summed E-state index contributed by atoms with van der Waals surface area (Å²) >= 11 is 0. The molecule has 3 heterocycles. The molecule has 1 fully saturated rings. The predicted octanol–water partition coefficient (Wildman–Crippen LogP) is 1.41. The van der Waals surface area contributed by atoms with Crippen LogP contribution in [0.4, 0.5) is 0 Å². The van der Waals surface area contributed by atoms with E-state index in [-0.39, 0.29) is 31.0 Å². The van der Waals surface area contributed by atoms with Crippen molar-refractivity contribution in [2.24, 2.45) is 5.92 Å². The fourth-order valence-electron chi connectivity index (χ4n) is 3.32. The Labute approximate surface area is 151 Å². The number of fused-ring (bicyclic) bond motifs is 1. The van der Waals surface area contributed by atoms with Crippen LogP contribution in [0.1, 0.15) is 39.2 Å². The standard InChI is InChI=1S/C14H19N4O6P.CH4/c1-3-4-8-9(5-19)23-14(11(8)24-25(21)22)18-6-15-10-12(18)16-7(2)17-13(10)20;/h6,8-9,11,14,19H,3-5H2,1-2H3,(H-,16,17,20,21,22);1H4/p+1/t8-,9+,11?,14+;/m0./s1. The van der Waals surface area contributed by atoms with E-state index in [0.717, 1.165) is 6.42 Å². The Kier molecular flexibility index (Phi) is 6.59. The number of ether oxygens (including phenoxy) is 1. The molecular weight excluding hydrogens is 363 g/mol. The number of hydrogen-bond donors (Lipinski definition) is 3. The van der Waals surface area contributed by atoms with Crippen molar-refractivity contribution in [1.29, 1.82) is 0 Å². The average Bonchev–Trinajstić information content (AvgIpc) is 3.09. The molecule has 1 aliphatic heterocycles. The Hall–Kier alpha value is -1.71. The van der Waals surface area contributed by atoms with Gasteiger partial charge in [0.15, 0.2) is 23.5 Å². The smallest absolute Gasteiger partial charge is 0.394 e. The number of aryl methyl sites for hydroxylation is 1. The van der Waals surface area contributed by atoms with E-state index in [4.69, 9.17) is 9.26 Å². The van der Waals surface area contributed by atoms with Gasteiger partial charge in [-0.25, -0.2) is 9.97 Å². The lowest BCUT2D eigenvalue weighted by atomic mass is 9.93. The molecule has 0 radical (unpaired) electrons. The SMILES string of the molecule is C.CCC[C@@H]1C(O[P+](=O)O)[C@H](n2cnc3c(=O)[nH]c(C)nc32)O[C@@H]1CO.